The first kappa shape index (κ1) is 17.8. The van der Waals surface area contributed by atoms with E-state index in [1.54, 1.807) is 12.3 Å². The average molecular weight is 444 g/mol. The van der Waals surface area contributed by atoms with Crippen LogP contribution in [0.2, 0.25) is 0 Å². The van der Waals surface area contributed by atoms with Crippen molar-refractivity contribution in [2.45, 2.75) is 11.6 Å². The molecule has 2 N–H and O–H groups in total. The van der Waals surface area contributed by atoms with Crippen LogP contribution in [0.4, 0.5) is 0 Å². The minimum absolute atomic E-state index is 0.461. The Morgan fingerprint density at radius 3 is 2.48 bits per heavy atom. The van der Waals surface area contributed by atoms with Crippen LogP contribution in [0.25, 0.3) is 22.2 Å². The van der Waals surface area contributed by atoms with E-state index in [-0.39, 0.29) is 0 Å². The third-order valence-corrected chi connectivity index (χ3v) is 5.36. The molecule has 8 heteroatoms. The summed E-state index contributed by atoms with van der Waals surface area (Å²) in [6.45, 7) is 0. The predicted octanol–water partition coefficient (Wildman–Crippen LogP) is 4.22. The van der Waals surface area contributed by atoms with Gasteiger partial charge in [0.1, 0.15) is 4.60 Å². The molecule has 0 bridgehead atoms. The number of nitrogens with one attached hydrogen (secondary N) is 1. The van der Waals surface area contributed by atoms with Crippen LogP contribution >= 0.6 is 15.9 Å². The van der Waals surface area contributed by atoms with Crippen LogP contribution in [0.3, 0.4) is 0 Å². The average Bonchev–Trinajstić information content (AvgIpc) is 3.09. The lowest BCUT2D eigenvalue weighted by Gasteiger charge is -2.11. The number of H-pyrrole nitrogens is 1. The van der Waals surface area contributed by atoms with Crippen molar-refractivity contribution in [3.63, 3.8) is 0 Å². The maximum absolute atomic E-state index is 11.5. The molecule has 0 amide bonds. The fourth-order valence-corrected chi connectivity index (χ4v) is 3.70. The molecule has 27 heavy (non-hydrogen) atoms. The van der Waals surface area contributed by atoms with Crippen molar-refractivity contribution in [3.8, 4) is 11.1 Å². The molecule has 4 rings (SSSR count). The van der Waals surface area contributed by atoms with Gasteiger partial charge in [0.25, 0.3) is 5.16 Å². The Morgan fingerprint density at radius 2 is 1.81 bits per heavy atom. The Morgan fingerprint density at radius 1 is 1.04 bits per heavy atom. The van der Waals surface area contributed by atoms with Gasteiger partial charge in [-0.15, -0.1) is 0 Å². The molecule has 0 aliphatic carbocycles. The van der Waals surface area contributed by atoms with Gasteiger partial charge in [0, 0.05) is 11.8 Å². The molecule has 0 radical (unpaired) electrons. The fraction of sp³-hybridized carbons (Fsp3) is 0.0526. The molecule has 0 spiro atoms. The van der Waals surface area contributed by atoms with Gasteiger partial charge in [-0.1, -0.05) is 42.5 Å². The van der Waals surface area contributed by atoms with Gasteiger partial charge in [-0.3, -0.25) is 4.55 Å². The molecular weight excluding hydrogens is 430 g/mol. The van der Waals surface area contributed by atoms with E-state index in [0.717, 1.165) is 26.9 Å². The van der Waals surface area contributed by atoms with Crippen LogP contribution in [0.5, 0.6) is 0 Å². The summed E-state index contributed by atoms with van der Waals surface area (Å²) in [6, 6.07) is 17.2. The number of hydrogen-bond acceptors (Lipinski definition) is 4. The number of fused-ring (bicyclic) bond motifs is 1. The van der Waals surface area contributed by atoms with Crippen molar-refractivity contribution in [3.05, 3.63) is 76.5 Å². The highest BCUT2D eigenvalue weighted by Gasteiger charge is 2.19. The summed E-state index contributed by atoms with van der Waals surface area (Å²) in [7, 11) is -4.42. The lowest BCUT2D eigenvalue weighted by Crippen LogP contribution is -1.99. The van der Waals surface area contributed by atoms with Crippen LogP contribution < -0.4 is 0 Å². The van der Waals surface area contributed by atoms with Gasteiger partial charge >= 0.3 is 10.1 Å². The van der Waals surface area contributed by atoms with Crippen molar-refractivity contribution in [1.29, 1.82) is 0 Å². The molecule has 0 fully saturated rings. The van der Waals surface area contributed by atoms with E-state index >= 15 is 0 Å². The van der Waals surface area contributed by atoms with Gasteiger partial charge in [-0.2, -0.15) is 8.42 Å². The van der Waals surface area contributed by atoms with Crippen molar-refractivity contribution in [2.75, 3.05) is 0 Å². The topological polar surface area (TPSA) is 95.9 Å². The summed E-state index contributed by atoms with van der Waals surface area (Å²) in [4.78, 5) is 11.1. The zero-order chi connectivity index (χ0) is 19.0. The number of rotatable bonds is 4. The molecule has 136 valence electrons. The molecule has 0 saturated heterocycles. The van der Waals surface area contributed by atoms with Crippen LogP contribution in [-0.4, -0.2) is 27.9 Å². The molecule has 0 atom stereocenters. The van der Waals surface area contributed by atoms with E-state index in [2.05, 4.69) is 30.9 Å². The molecule has 0 aliphatic rings. The first-order valence-corrected chi connectivity index (χ1v) is 10.3. The highest BCUT2D eigenvalue weighted by molar-refractivity contribution is 9.10. The summed E-state index contributed by atoms with van der Waals surface area (Å²) in [5, 5.41) is -0.461. The summed E-state index contributed by atoms with van der Waals surface area (Å²) in [5.41, 5.74) is 4.76. The normalized spacial score (nSPS) is 11.8. The second-order valence-corrected chi connectivity index (χ2v) is 8.19. The van der Waals surface area contributed by atoms with Crippen LogP contribution in [0.1, 0.15) is 11.1 Å². The summed E-state index contributed by atoms with van der Waals surface area (Å²) in [6.07, 6.45) is 2.39. The van der Waals surface area contributed by atoms with Crippen LogP contribution in [0, 0.1) is 0 Å². The smallest absolute Gasteiger partial charge is 0.327 e. The summed E-state index contributed by atoms with van der Waals surface area (Å²) < 4.78 is 33.1. The third kappa shape index (κ3) is 3.64. The number of halogens is 1. The molecule has 2 aromatic heterocycles. The Kier molecular flexibility index (Phi) is 4.55. The van der Waals surface area contributed by atoms with E-state index in [9.17, 15) is 13.0 Å². The quantitative estimate of drug-likeness (QED) is 0.363. The monoisotopic (exact) mass is 443 g/mol. The number of nitrogens with zero attached hydrogens (tertiary/aromatic N) is 2. The van der Waals surface area contributed by atoms with Gasteiger partial charge in [0.2, 0.25) is 0 Å². The third-order valence-electron chi connectivity index (χ3n) is 4.21. The summed E-state index contributed by atoms with van der Waals surface area (Å²) >= 11 is 3.33. The summed E-state index contributed by atoms with van der Waals surface area (Å²) in [5.74, 6) is 0. The Bertz CT molecular complexity index is 1220. The fourth-order valence-electron chi connectivity index (χ4n) is 3.02. The number of pyridine rings is 1. The maximum atomic E-state index is 11.5. The minimum Gasteiger partial charge on any atom is -0.327 e. The number of aromatic nitrogens is 3. The Hall–Kier alpha value is -2.55. The zero-order valence-electron chi connectivity index (χ0n) is 13.9. The van der Waals surface area contributed by atoms with Gasteiger partial charge in [-0.25, -0.2) is 9.97 Å². The number of hydrogen-bond donors (Lipinski definition) is 2. The van der Waals surface area contributed by atoms with Crippen molar-refractivity contribution >= 4 is 37.1 Å². The second kappa shape index (κ2) is 6.88. The second-order valence-electron chi connectivity index (χ2n) is 6.04. The molecule has 4 aromatic rings. The number of aromatic amines is 1. The molecule has 0 unspecified atom stereocenters. The first-order chi connectivity index (χ1) is 12.9. The van der Waals surface area contributed by atoms with Crippen LogP contribution in [0.15, 0.2) is 70.6 Å². The van der Waals surface area contributed by atoms with Crippen molar-refractivity contribution < 1.29 is 13.0 Å². The van der Waals surface area contributed by atoms with Crippen LogP contribution in [-0.2, 0) is 16.5 Å². The van der Waals surface area contributed by atoms with E-state index in [1.165, 1.54) is 0 Å². The highest BCUT2D eigenvalue weighted by Crippen LogP contribution is 2.33. The molecular formula is C19H14BrN3O3S. The van der Waals surface area contributed by atoms with E-state index in [0.29, 0.717) is 17.5 Å². The minimum atomic E-state index is -4.42. The first-order valence-electron chi connectivity index (χ1n) is 8.07. The van der Waals surface area contributed by atoms with Gasteiger partial charge in [0.05, 0.1) is 11.0 Å². The van der Waals surface area contributed by atoms with Gasteiger partial charge in [0.15, 0.2) is 0 Å². The van der Waals surface area contributed by atoms with E-state index < -0.39 is 15.3 Å². The molecule has 2 aromatic carbocycles. The molecule has 0 saturated carbocycles. The predicted molar refractivity (Wildman–Crippen MR) is 106 cm³/mol. The molecule has 6 nitrogen and oxygen atoms in total. The Labute approximate surface area is 164 Å². The Balaban J connectivity index is 1.93. The maximum Gasteiger partial charge on any atom is 0.328 e. The number of benzene rings is 2. The van der Waals surface area contributed by atoms with E-state index in [4.69, 9.17) is 0 Å². The number of imidazole rings is 1. The SMILES string of the molecule is O=S(=O)(O)c1nc2c(-c3ccccc3)c(Cc3ccc(Br)nc3)ccc2[nH]1. The zero-order valence-corrected chi connectivity index (χ0v) is 16.3. The molecule has 2 heterocycles. The lowest BCUT2D eigenvalue weighted by molar-refractivity contribution is 0.476. The molecule has 0 aliphatic heterocycles. The lowest BCUT2D eigenvalue weighted by atomic mass is 9.94. The standard InChI is InChI=1S/C19H14BrN3O3S/c20-16-9-6-12(11-21-16)10-14-7-8-15-18(23-19(22-15)27(24,25)26)17(14)13-4-2-1-3-5-13/h1-9,11H,10H2,(H,22,23)(H,24,25,26). The van der Waals surface area contributed by atoms with Gasteiger partial charge in [-0.05, 0) is 51.2 Å². The van der Waals surface area contributed by atoms with E-state index in [1.807, 2.05) is 48.5 Å². The van der Waals surface area contributed by atoms with Gasteiger partial charge < -0.3 is 4.98 Å². The highest BCUT2D eigenvalue weighted by atomic mass is 79.9. The largest absolute Gasteiger partial charge is 0.328 e. The van der Waals surface area contributed by atoms with Crippen molar-refractivity contribution in [2.24, 2.45) is 0 Å². The van der Waals surface area contributed by atoms with Crippen molar-refractivity contribution in [1.82, 2.24) is 15.0 Å².